The van der Waals surface area contributed by atoms with Crippen molar-refractivity contribution in [3.05, 3.63) is 23.0 Å². The number of esters is 1. The molecule has 0 aromatic carbocycles. The van der Waals surface area contributed by atoms with Crippen LogP contribution in [0.1, 0.15) is 17.0 Å². The molecule has 0 unspecified atom stereocenters. The minimum Gasteiger partial charge on any atom is -0.466 e. The molecule has 17 heavy (non-hydrogen) atoms. The molecule has 0 amide bonds. The lowest BCUT2D eigenvalue weighted by molar-refractivity contribution is -0.141. The van der Waals surface area contributed by atoms with Gasteiger partial charge in [0.1, 0.15) is 0 Å². The van der Waals surface area contributed by atoms with Crippen molar-refractivity contribution in [2.75, 3.05) is 7.11 Å². The quantitative estimate of drug-likeness (QED) is 0.593. The van der Waals surface area contributed by atoms with Crippen LogP contribution in [0, 0.1) is 6.92 Å². The van der Waals surface area contributed by atoms with E-state index < -0.39 is 17.8 Å². The van der Waals surface area contributed by atoms with Gasteiger partial charge in [-0.3, -0.25) is 4.68 Å². The Morgan fingerprint density at radius 1 is 1.47 bits per heavy atom. The summed E-state index contributed by atoms with van der Waals surface area (Å²) in [5, 5.41) is 3.37. The molecule has 0 atom stereocenters. The fourth-order valence-electron chi connectivity index (χ4n) is 1.25. The predicted octanol–water partition coefficient (Wildman–Crippen LogP) is 1.93. The van der Waals surface area contributed by atoms with Crippen LogP contribution in [0.4, 0.5) is 13.2 Å². The van der Waals surface area contributed by atoms with Crippen molar-refractivity contribution >= 4 is 12.0 Å². The minimum atomic E-state index is -4.55. The van der Waals surface area contributed by atoms with Crippen molar-refractivity contribution in [3.8, 4) is 0 Å². The molecule has 0 radical (unpaired) electrons. The van der Waals surface area contributed by atoms with Crippen LogP contribution in [0.5, 0.6) is 0 Å². The maximum atomic E-state index is 12.6. The van der Waals surface area contributed by atoms with Gasteiger partial charge in [0.25, 0.3) is 0 Å². The third-order valence-corrected chi connectivity index (χ3v) is 2.24. The van der Waals surface area contributed by atoms with Crippen LogP contribution < -0.4 is 0 Å². The summed E-state index contributed by atoms with van der Waals surface area (Å²) in [6, 6.07) is 0. The molecule has 7 heteroatoms. The zero-order chi connectivity index (χ0) is 13.2. The summed E-state index contributed by atoms with van der Waals surface area (Å²) < 4.78 is 43.3. The maximum Gasteiger partial charge on any atom is 0.435 e. The van der Waals surface area contributed by atoms with Gasteiger partial charge >= 0.3 is 12.1 Å². The van der Waals surface area contributed by atoms with Gasteiger partial charge in [-0.15, -0.1) is 0 Å². The summed E-state index contributed by atoms with van der Waals surface area (Å²) in [5.41, 5.74) is -0.833. The number of halogens is 3. The van der Waals surface area contributed by atoms with Crippen molar-refractivity contribution in [2.24, 2.45) is 7.05 Å². The first-order valence-electron chi connectivity index (χ1n) is 4.64. The average molecular weight is 248 g/mol. The van der Waals surface area contributed by atoms with Crippen molar-refractivity contribution in [2.45, 2.75) is 13.1 Å². The second kappa shape index (κ2) is 4.60. The lowest BCUT2D eigenvalue weighted by Crippen LogP contribution is -2.08. The Morgan fingerprint density at radius 2 is 2.06 bits per heavy atom. The SMILES string of the molecule is COC(=O)/C=C/c1c(C(F)(F)F)nn(C)c1C. The number of aromatic nitrogens is 2. The van der Waals surface area contributed by atoms with Crippen molar-refractivity contribution < 1.29 is 22.7 Å². The van der Waals surface area contributed by atoms with Gasteiger partial charge in [-0.1, -0.05) is 0 Å². The molecular weight excluding hydrogens is 237 g/mol. The first kappa shape index (κ1) is 13.3. The highest BCUT2D eigenvalue weighted by Gasteiger charge is 2.37. The van der Waals surface area contributed by atoms with E-state index in [2.05, 4.69) is 9.84 Å². The van der Waals surface area contributed by atoms with E-state index >= 15 is 0 Å². The summed E-state index contributed by atoms with van der Waals surface area (Å²) in [6.07, 6.45) is -2.57. The first-order chi connectivity index (χ1) is 7.77. The fourth-order valence-corrected chi connectivity index (χ4v) is 1.25. The molecule has 1 rings (SSSR count). The van der Waals surface area contributed by atoms with Crippen LogP contribution in [0.15, 0.2) is 6.08 Å². The van der Waals surface area contributed by atoms with Crippen LogP contribution in [0.2, 0.25) is 0 Å². The molecule has 0 aliphatic carbocycles. The molecule has 0 spiro atoms. The number of nitrogens with zero attached hydrogens (tertiary/aromatic N) is 2. The van der Waals surface area contributed by atoms with E-state index in [-0.39, 0.29) is 5.56 Å². The predicted molar refractivity (Wildman–Crippen MR) is 54.0 cm³/mol. The van der Waals surface area contributed by atoms with E-state index in [1.54, 1.807) is 0 Å². The standard InChI is InChI=1S/C10H11F3N2O2/c1-6-7(4-5-8(16)17-3)9(10(11,12)13)14-15(6)2/h4-5H,1-3H3/b5-4+. The van der Waals surface area contributed by atoms with Crippen molar-refractivity contribution in [3.63, 3.8) is 0 Å². The van der Waals surface area contributed by atoms with E-state index in [1.807, 2.05) is 0 Å². The number of aryl methyl sites for hydroxylation is 1. The molecule has 0 fully saturated rings. The van der Waals surface area contributed by atoms with Crippen molar-refractivity contribution in [1.82, 2.24) is 9.78 Å². The Labute approximate surface area is 95.7 Å². The molecule has 0 aliphatic rings. The Balaban J connectivity index is 3.22. The highest BCUT2D eigenvalue weighted by molar-refractivity contribution is 5.87. The molecule has 0 saturated heterocycles. The molecule has 1 aromatic heterocycles. The summed E-state index contributed by atoms with van der Waals surface area (Å²) in [4.78, 5) is 10.8. The van der Waals surface area contributed by atoms with E-state index in [9.17, 15) is 18.0 Å². The maximum absolute atomic E-state index is 12.6. The Kier molecular flexibility index (Phi) is 3.59. The highest BCUT2D eigenvalue weighted by Crippen LogP contribution is 2.32. The second-order valence-corrected chi connectivity index (χ2v) is 3.33. The zero-order valence-corrected chi connectivity index (χ0v) is 9.50. The third kappa shape index (κ3) is 2.86. The molecule has 1 aromatic rings. The van der Waals surface area contributed by atoms with Gasteiger partial charge in [0.15, 0.2) is 5.69 Å². The van der Waals surface area contributed by atoms with E-state index in [1.165, 1.54) is 14.0 Å². The van der Waals surface area contributed by atoms with Crippen LogP contribution in [0.25, 0.3) is 6.08 Å². The van der Waals surface area contributed by atoms with Crippen molar-refractivity contribution in [1.29, 1.82) is 0 Å². The minimum absolute atomic E-state index is 0.134. The molecule has 0 saturated carbocycles. The summed E-state index contributed by atoms with van der Waals surface area (Å²) in [7, 11) is 2.55. The van der Waals surface area contributed by atoms with Gasteiger partial charge < -0.3 is 4.74 Å². The number of carbonyl (C=O) groups is 1. The van der Waals surface area contributed by atoms with Gasteiger partial charge in [0.2, 0.25) is 0 Å². The van der Waals surface area contributed by atoms with Gasteiger partial charge in [0, 0.05) is 24.4 Å². The number of hydrogen-bond acceptors (Lipinski definition) is 3. The number of hydrogen-bond donors (Lipinski definition) is 0. The molecule has 1 heterocycles. The number of ether oxygens (including phenoxy) is 1. The van der Waals surface area contributed by atoms with Gasteiger partial charge in [-0.25, -0.2) is 4.79 Å². The topological polar surface area (TPSA) is 44.1 Å². The van der Waals surface area contributed by atoms with E-state index in [0.29, 0.717) is 5.69 Å². The Morgan fingerprint density at radius 3 is 2.53 bits per heavy atom. The monoisotopic (exact) mass is 248 g/mol. The lowest BCUT2D eigenvalue weighted by atomic mass is 10.1. The van der Waals surface area contributed by atoms with Gasteiger partial charge in [0.05, 0.1) is 7.11 Å². The highest BCUT2D eigenvalue weighted by atomic mass is 19.4. The molecule has 94 valence electrons. The van der Waals surface area contributed by atoms with Crippen LogP contribution in [-0.4, -0.2) is 22.9 Å². The molecule has 0 bridgehead atoms. The summed E-state index contributed by atoms with van der Waals surface area (Å²) >= 11 is 0. The van der Waals surface area contributed by atoms with Gasteiger partial charge in [-0.05, 0) is 13.0 Å². The zero-order valence-electron chi connectivity index (χ0n) is 9.50. The largest absolute Gasteiger partial charge is 0.466 e. The average Bonchev–Trinajstić information content (AvgIpc) is 2.52. The normalized spacial score (nSPS) is 12.1. The summed E-state index contributed by atoms with van der Waals surface area (Å²) in [5.74, 6) is -0.721. The fraction of sp³-hybridized carbons (Fsp3) is 0.400. The van der Waals surface area contributed by atoms with Gasteiger partial charge in [-0.2, -0.15) is 18.3 Å². The van der Waals surface area contributed by atoms with Crippen LogP contribution >= 0.6 is 0 Å². The Hall–Kier alpha value is -1.79. The molecule has 0 aliphatic heterocycles. The first-order valence-corrected chi connectivity index (χ1v) is 4.64. The lowest BCUT2D eigenvalue weighted by Gasteiger charge is -2.03. The third-order valence-electron chi connectivity index (χ3n) is 2.24. The Bertz CT molecular complexity index is 461. The molecule has 0 N–H and O–H groups in total. The number of carbonyl (C=O) groups excluding carboxylic acids is 1. The van der Waals surface area contributed by atoms with E-state index in [4.69, 9.17) is 0 Å². The van der Waals surface area contributed by atoms with E-state index in [0.717, 1.165) is 23.9 Å². The van der Waals surface area contributed by atoms with Crippen LogP contribution in [0.3, 0.4) is 0 Å². The molecule has 4 nitrogen and oxygen atoms in total. The molecular formula is C10H11F3N2O2. The summed E-state index contributed by atoms with van der Waals surface area (Å²) in [6.45, 7) is 1.49. The van der Waals surface area contributed by atoms with Crippen LogP contribution in [-0.2, 0) is 22.8 Å². The number of alkyl halides is 3. The number of methoxy groups -OCH3 is 1. The smallest absolute Gasteiger partial charge is 0.435 e. The second-order valence-electron chi connectivity index (χ2n) is 3.33. The number of rotatable bonds is 2.